The molecule has 0 unspecified atom stereocenters. The summed E-state index contributed by atoms with van der Waals surface area (Å²) in [5.74, 6) is 1.18. The van der Waals surface area contributed by atoms with Gasteiger partial charge in [-0.1, -0.05) is 131 Å². The third kappa shape index (κ3) is 4.85. The van der Waals surface area contributed by atoms with Crippen molar-refractivity contribution in [1.29, 1.82) is 0 Å². The van der Waals surface area contributed by atoms with Crippen LogP contribution >= 0.6 is 0 Å². The predicted molar refractivity (Wildman–Crippen MR) is 247 cm³/mol. The van der Waals surface area contributed by atoms with Crippen LogP contribution in [0.2, 0.25) is 0 Å². The number of pyridine rings is 2. The molecule has 0 spiro atoms. The van der Waals surface area contributed by atoms with Gasteiger partial charge in [0.2, 0.25) is 0 Å². The number of aromatic nitrogens is 6. The summed E-state index contributed by atoms with van der Waals surface area (Å²) in [4.78, 5) is 9.71. The number of para-hydroxylation sites is 4. The van der Waals surface area contributed by atoms with Gasteiger partial charge in [0.1, 0.15) is 0 Å². The zero-order chi connectivity index (χ0) is 39.8. The molecule has 0 aliphatic heterocycles. The average Bonchev–Trinajstić information content (AvgIpc) is 4.13. The molecule has 6 heterocycles. The molecule has 0 atom stereocenters. The molecule has 8 aromatic carbocycles. The molecular weight excluding hydrogens is 855 g/mol. The molecular formula is C54H30N6OPd. The monoisotopic (exact) mass is 884 g/mol. The minimum atomic E-state index is 0. The second-order valence-electron chi connectivity index (χ2n) is 15.7. The molecule has 6 aromatic heterocycles. The third-order valence-corrected chi connectivity index (χ3v) is 12.5. The summed E-state index contributed by atoms with van der Waals surface area (Å²) in [7, 11) is 0. The Morgan fingerprint density at radius 2 is 0.790 bits per heavy atom. The van der Waals surface area contributed by atoms with Crippen molar-refractivity contribution in [1.82, 2.24) is 27.9 Å². The molecule has 0 amide bonds. The van der Waals surface area contributed by atoms with Crippen molar-refractivity contribution in [2.24, 2.45) is 0 Å². The van der Waals surface area contributed by atoms with Gasteiger partial charge < -0.3 is 22.7 Å². The van der Waals surface area contributed by atoms with Gasteiger partial charge in [-0.25, -0.2) is 0 Å². The number of benzene rings is 8. The van der Waals surface area contributed by atoms with Crippen LogP contribution in [-0.2, 0) is 20.4 Å². The Morgan fingerprint density at radius 1 is 0.371 bits per heavy atom. The van der Waals surface area contributed by atoms with Crippen molar-refractivity contribution >= 4 is 98.3 Å². The van der Waals surface area contributed by atoms with Crippen molar-refractivity contribution in [3.05, 3.63) is 195 Å². The van der Waals surface area contributed by atoms with E-state index in [0.29, 0.717) is 11.5 Å². The number of hydrogen-bond donors (Lipinski definition) is 0. The molecule has 0 fully saturated rings. The fourth-order valence-corrected chi connectivity index (χ4v) is 9.90. The van der Waals surface area contributed by atoms with E-state index in [9.17, 15) is 0 Å². The van der Waals surface area contributed by atoms with E-state index >= 15 is 0 Å². The molecule has 0 radical (unpaired) electrons. The maximum Gasteiger partial charge on any atom is 2.00 e. The van der Waals surface area contributed by atoms with Gasteiger partial charge in [-0.15, -0.1) is 12.1 Å². The van der Waals surface area contributed by atoms with Gasteiger partial charge in [-0.05, 0) is 59.3 Å². The van der Waals surface area contributed by atoms with E-state index < -0.39 is 0 Å². The zero-order valence-corrected chi connectivity index (χ0v) is 34.3. The Labute approximate surface area is 366 Å². The molecule has 0 saturated heterocycles. The van der Waals surface area contributed by atoms with E-state index in [-0.39, 0.29) is 20.4 Å². The van der Waals surface area contributed by atoms with Crippen LogP contribution in [0.1, 0.15) is 0 Å². The van der Waals surface area contributed by atoms with Crippen LogP contribution in [0.3, 0.4) is 0 Å². The van der Waals surface area contributed by atoms with Gasteiger partial charge in [0, 0.05) is 80.2 Å². The Kier molecular flexibility index (Phi) is 7.41. The maximum absolute atomic E-state index is 6.64. The number of imidazole rings is 2. The first-order valence-corrected chi connectivity index (χ1v) is 20.4. The normalized spacial score (nSPS) is 12.1. The van der Waals surface area contributed by atoms with Crippen LogP contribution in [0.4, 0.5) is 0 Å². The minimum Gasteiger partial charge on any atom is -0.497 e. The molecule has 7 nitrogen and oxygen atoms in total. The van der Waals surface area contributed by atoms with E-state index in [0.717, 1.165) is 77.1 Å². The summed E-state index contributed by atoms with van der Waals surface area (Å²) in [6.07, 6.45) is 7.78. The first-order chi connectivity index (χ1) is 30.2. The van der Waals surface area contributed by atoms with Crippen LogP contribution in [0.15, 0.2) is 183 Å². The number of hydrogen-bond acceptors (Lipinski definition) is 3. The SMILES string of the molecule is [Pd+2].[c-]1c(Oc2[c-]c3c(cc2)c2cc4c5ccccc5n(-c5ccccc5)c4cc2n2ccnc32)ccc2c1c1nccn1c1cc3c(cc21)c1ccccc1n3-c1ccccc1. The number of fused-ring (bicyclic) bond motifs is 18. The predicted octanol–water partition coefficient (Wildman–Crippen LogP) is 13.2. The summed E-state index contributed by atoms with van der Waals surface area (Å²) in [5, 5.41) is 11.0. The van der Waals surface area contributed by atoms with Crippen LogP contribution in [0.25, 0.3) is 110 Å². The van der Waals surface area contributed by atoms with Gasteiger partial charge in [-0.3, -0.25) is 9.97 Å². The number of rotatable bonds is 4. The smallest absolute Gasteiger partial charge is 0.497 e. The van der Waals surface area contributed by atoms with Crippen molar-refractivity contribution in [3.63, 3.8) is 0 Å². The van der Waals surface area contributed by atoms with Crippen LogP contribution in [-0.4, -0.2) is 27.9 Å². The zero-order valence-electron chi connectivity index (χ0n) is 32.7. The topological polar surface area (TPSA) is 53.7 Å². The molecule has 0 aliphatic rings. The summed E-state index contributed by atoms with van der Waals surface area (Å²) in [6, 6.07) is 63.2. The van der Waals surface area contributed by atoms with E-state index in [4.69, 9.17) is 14.7 Å². The molecule has 292 valence electrons. The van der Waals surface area contributed by atoms with Crippen molar-refractivity contribution in [2.75, 3.05) is 0 Å². The summed E-state index contributed by atoms with van der Waals surface area (Å²) >= 11 is 0. The van der Waals surface area contributed by atoms with Gasteiger partial charge >= 0.3 is 20.4 Å². The van der Waals surface area contributed by atoms with Gasteiger partial charge in [0.25, 0.3) is 0 Å². The summed E-state index contributed by atoms with van der Waals surface area (Å²) in [5.41, 5.74) is 10.7. The van der Waals surface area contributed by atoms with Gasteiger partial charge in [0.05, 0.1) is 33.4 Å². The van der Waals surface area contributed by atoms with Gasteiger partial charge in [0.15, 0.2) is 0 Å². The Balaban J connectivity index is 0.00000391. The van der Waals surface area contributed by atoms with Crippen LogP contribution in [0, 0.1) is 12.1 Å². The quantitative estimate of drug-likeness (QED) is 0.101. The molecule has 14 aromatic rings. The molecule has 14 rings (SSSR count). The second-order valence-corrected chi connectivity index (χ2v) is 15.7. The van der Waals surface area contributed by atoms with E-state index in [1.165, 1.54) is 32.6 Å². The molecule has 8 heteroatoms. The molecule has 0 N–H and O–H groups in total. The Hall–Kier alpha value is -7.76. The third-order valence-electron chi connectivity index (χ3n) is 12.5. The summed E-state index contributed by atoms with van der Waals surface area (Å²) in [6.45, 7) is 0. The van der Waals surface area contributed by atoms with Crippen molar-refractivity contribution in [2.45, 2.75) is 0 Å². The Morgan fingerprint density at radius 3 is 1.26 bits per heavy atom. The number of ether oxygens (including phenoxy) is 1. The number of nitrogens with zero attached hydrogens (tertiary/aromatic N) is 6. The minimum absolute atomic E-state index is 0. The molecule has 62 heavy (non-hydrogen) atoms. The van der Waals surface area contributed by atoms with E-state index in [1.54, 1.807) is 0 Å². The first-order valence-electron chi connectivity index (χ1n) is 20.4. The largest absolute Gasteiger partial charge is 2.00 e. The summed E-state index contributed by atoms with van der Waals surface area (Å²) < 4.78 is 15.7. The average molecular weight is 885 g/mol. The second kappa shape index (κ2) is 13.1. The van der Waals surface area contributed by atoms with Crippen LogP contribution < -0.4 is 4.74 Å². The Bertz CT molecular complexity index is 3870. The first kappa shape index (κ1) is 35.0. The molecule has 0 bridgehead atoms. The molecule has 0 saturated carbocycles. The van der Waals surface area contributed by atoms with Crippen LogP contribution in [0.5, 0.6) is 11.5 Å². The maximum atomic E-state index is 6.64. The van der Waals surface area contributed by atoms with E-state index in [2.05, 4.69) is 176 Å². The van der Waals surface area contributed by atoms with Gasteiger partial charge in [-0.2, -0.15) is 0 Å². The fraction of sp³-hybridized carbons (Fsp3) is 0. The van der Waals surface area contributed by atoms with Crippen molar-refractivity contribution < 1.29 is 25.2 Å². The van der Waals surface area contributed by atoms with Crippen molar-refractivity contribution in [3.8, 4) is 22.9 Å². The molecule has 0 aliphatic carbocycles. The van der Waals surface area contributed by atoms with E-state index in [1.807, 2.05) is 36.9 Å². The standard InChI is InChI=1S/C54H30N6O.Pd/c1-3-11-33(12-4-1)59-47-17-9-7-15-39(47)43-29-41-37-21-19-35(27-45(37)53-55-23-25-57(53)49(41)31-51(43)59)61-36-20-22-38-42-30-44-40-16-8-10-18-48(40)60(34-13-5-2-6-14-34)52(44)32-50(42)58-26-24-56-54(58)46(38)28-36;/h1-26,29-32H;/q-2;+2. The fourth-order valence-electron chi connectivity index (χ4n) is 9.90.